The van der Waals surface area contributed by atoms with Crippen LogP contribution in [0.15, 0.2) is 12.1 Å². The van der Waals surface area contributed by atoms with Crippen molar-refractivity contribution >= 4 is 11.6 Å². The normalized spacial score (nSPS) is 23.9. The first-order valence-corrected chi connectivity index (χ1v) is 8.41. The van der Waals surface area contributed by atoms with Crippen LogP contribution in [0.3, 0.4) is 0 Å². The van der Waals surface area contributed by atoms with Crippen molar-refractivity contribution in [2.45, 2.75) is 32.1 Å². The van der Waals surface area contributed by atoms with Gasteiger partial charge < -0.3 is 14.8 Å². The topological polar surface area (TPSA) is 30.5 Å². The number of halogens is 1. The number of benzene rings is 1. The van der Waals surface area contributed by atoms with Crippen LogP contribution < -0.4 is 14.8 Å². The molecular weight excluding hydrogens is 286 g/mol. The minimum Gasteiger partial charge on any atom is -0.489 e. The van der Waals surface area contributed by atoms with Gasteiger partial charge in [-0.05, 0) is 68.8 Å². The fourth-order valence-corrected chi connectivity index (χ4v) is 3.66. The highest BCUT2D eigenvalue weighted by Gasteiger charge is 2.46. The van der Waals surface area contributed by atoms with Crippen molar-refractivity contribution in [1.82, 2.24) is 5.32 Å². The molecule has 1 aromatic rings. The van der Waals surface area contributed by atoms with E-state index >= 15 is 0 Å². The standard InChI is InChI=1S/C17H22ClNO2/c18-14-8-13(7-12-1-5-19-6-2-12)9-15-16(14)21-11-17(3-4-17)10-20-15/h8-9,12,19H,1-7,10-11H2. The Morgan fingerprint density at radius 2 is 1.90 bits per heavy atom. The highest BCUT2D eigenvalue weighted by molar-refractivity contribution is 6.32. The Morgan fingerprint density at radius 3 is 2.67 bits per heavy atom. The van der Waals surface area contributed by atoms with Crippen LogP contribution in [0.1, 0.15) is 31.2 Å². The molecule has 2 aliphatic heterocycles. The maximum absolute atomic E-state index is 6.43. The molecule has 0 amide bonds. The van der Waals surface area contributed by atoms with Crippen LogP contribution in [0.2, 0.25) is 5.02 Å². The summed E-state index contributed by atoms with van der Waals surface area (Å²) in [6.45, 7) is 3.78. The van der Waals surface area contributed by atoms with E-state index < -0.39 is 0 Å². The fraction of sp³-hybridized carbons (Fsp3) is 0.647. The molecular formula is C17H22ClNO2. The monoisotopic (exact) mass is 307 g/mol. The van der Waals surface area contributed by atoms with Crippen LogP contribution in [0.4, 0.5) is 0 Å². The van der Waals surface area contributed by atoms with Crippen molar-refractivity contribution in [2.75, 3.05) is 26.3 Å². The SMILES string of the molecule is Clc1cc(CC2CCNCC2)cc2c1OCC1(CC1)CO2. The second-order valence-corrected chi connectivity index (χ2v) is 7.29. The molecule has 1 aliphatic carbocycles. The largest absolute Gasteiger partial charge is 0.489 e. The molecule has 1 saturated heterocycles. The van der Waals surface area contributed by atoms with Crippen LogP contribution in [0.5, 0.6) is 11.5 Å². The Hall–Kier alpha value is -0.930. The lowest BCUT2D eigenvalue weighted by Gasteiger charge is -2.23. The number of piperidine rings is 1. The molecule has 3 nitrogen and oxygen atoms in total. The summed E-state index contributed by atoms with van der Waals surface area (Å²) in [5.41, 5.74) is 1.54. The van der Waals surface area contributed by atoms with Gasteiger partial charge in [-0.1, -0.05) is 11.6 Å². The summed E-state index contributed by atoms with van der Waals surface area (Å²) in [4.78, 5) is 0. The maximum atomic E-state index is 6.43. The summed E-state index contributed by atoms with van der Waals surface area (Å²) in [6.07, 6.45) is 5.99. The van der Waals surface area contributed by atoms with Crippen molar-refractivity contribution in [2.24, 2.45) is 11.3 Å². The molecule has 114 valence electrons. The Kier molecular flexibility index (Phi) is 3.50. The molecule has 2 heterocycles. The lowest BCUT2D eigenvalue weighted by Crippen LogP contribution is -2.28. The zero-order chi connectivity index (χ0) is 14.3. The fourth-order valence-electron chi connectivity index (χ4n) is 3.37. The zero-order valence-corrected chi connectivity index (χ0v) is 13.0. The third kappa shape index (κ3) is 2.86. The molecule has 1 N–H and O–H groups in total. The highest BCUT2D eigenvalue weighted by Crippen LogP contribution is 2.50. The number of hydrogen-bond donors (Lipinski definition) is 1. The maximum Gasteiger partial charge on any atom is 0.179 e. The summed E-state index contributed by atoms with van der Waals surface area (Å²) >= 11 is 6.43. The van der Waals surface area contributed by atoms with Crippen LogP contribution in [0.25, 0.3) is 0 Å². The quantitative estimate of drug-likeness (QED) is 0.908. The van der Waals surface area contributed by atoms with E-state index in [-0.39, 0.29) is 5.41 Å². The van der Waals surface area contributed by atoms with Crippen molar-refractivity contribution in [3.05, 3.63) is 22.7 Å². The Bertz CT molecular complexity index is 536. The van der Waals surface area contributed by atoms with Crippen LogP contribution >= 0.6 is 11.6 Å². The minimum atomic E-state index is 0.261. The van der Waals surface area contributed by atoms with Gasteiger partial charge >= 0.3 is 0 Å². The number of rotatable bonds is 2. The average Bonchev–Trinajstić information content (AvgIpc) is 3.28. The first kappa shape index (κ1) is 13.7. The molecule has 0 unspecified atom stereocenters. The molecule has 21 heavy (non-hydrogen) atoms. The molecule has 1 spiro atoms. The molecule has 4 heteroatoms. The van der Waals surface area contributed by atoms with Gasteiger partial charge in [0.15, 0.2) is 11.5 Å². The van der Waals surface area contributed by atoms with E-state index in [1.807, 2.05) is 0 Å². The predicted molar refractivity (Wildman–Crippen MR) is 83.4 cm³/mol. The van der Waals surface area contributed by atoms with E-state index in [1.165, 1.54) is 31.2 Å². The molecule has 0 bridgehead atoms. The van der Waals surface area contributed by atoms with Crippen molar-refractivity contribution in [3.8, 4) is 11.5 Å². The molecule has 0 aromatic heterocycles. The third-order valence-corrected chi connectivity index (χ3v) is 5.35. The molecule has 2 fully saturated rings. The van der Waals surface area contributed by atoms with Crippen molar-refractivity contribution in [3.63, 3.8) is 0 Å². The number of nitrogens with one attached hydrogen (secondary N) is 1. The minimum absolute atomic E-state index is 0.261. The van der Waals surface area contributed by atoms with E-state index in [9.17, 15) is 0 Å². The van der Waals surface area contributed by atoms with Crippen molar-refractivity contribution < 1.29 is 9.47 Å². The van der Waals surface area contributed by atoms with Gasteiger partial charge in [0.1, 0.15) is 0 Å². The van der Waals surface area contributed by atoms with E-state index in [4.69, 9.17) is 21.1 Å². The summed E-state index contributed by atoms with van der Waals surface area (Å²) in [7, 11) is 0. The van der Waals surface area contributed by atoms with Gasteiger partial charge in [0.05, 0.1) is 18.2 Å². The number of hydrogen-bond acceptors (Lipinski definition) is 3. The van der Waals surface area contributed by atoms with Crippen LogP contribution in [0, 0.1) is 11.3 Å². The van der Waals surface area contributed by atoms with Gasteiger partial charge in [-0.15, -0.1) is 0 Å². The number of fused-ring (bicyclic) bond motifs is 1. The summed E-state index contributed by atoms with van der Waals surface area (Å²) in [6, 6.07) is 4.21. The summed E-state index contributed by atoms with van der Waals surface area (Å²) < 4.78 is 12.0. The first-order valence-electron chi connectivity index (χ1n) is 8.03. The molecule has 0 atom stereocenters. The van der Waals surface area contributed by atoms with Gasteiger partial charge in [-0.3, -0.25) is 0 Å². The predicted octanol–water partition coefficient (Wildman–Crippen LogP) is 3.43. The van der Waals surface area contributed by atoms with Gasteiger partial charge in [0, 0.05) is 5.41 Å². The zero-order valence-electron chi connectivity index (χ0n) is 12.3. The molecule has 0 radical (unpaired) electrons. The van der Waals surface area contributed by atoms with Gasteiger partial charge in [0.25, 0.3) is 0 Å². The lowest BCUT2D eigenvalue weighted by molar-refractivity contribution is 0.197. The Balaban J connectivity index is 1.54. The molecule has 3 aliphatic rings. The molecule has 4 rings (SSSR count). The smallest absolute Gasteiger partial charge is 0.179 e. The van der Waals surface area contributed by atoms with Crippen molar-refractivity contribution in [1.29, 1.82) is 0 Å². The second-order valence-electron chi connectivity index (χ2n) is 6.88. The summed E-state index contributed by atoms with van der Waals surface area (Å²) in [5, 5.41) is 4.12. The van der Waals surface area contributed by atoms with E-state index in [2.05, 4.69) is 17.4 Å². The summed E-state index contributed by atoms with van der Waals surface area (Å²) in [5.74, 6) is 2.34. The van der Waals surface area contributed by atoms with E-state index in [1.54, 1.807) is 0 Å². The third-order valence-electron chi connectivity index (χ3n) is 5.07. The molecule has 1 saturated carbocycles. The van der Waals surface area contributed by atoms with Gasteiger partial charge in [-0.2, -0.15) is 0 Å². The van der Waals surface area contributed by atoms with Gasteiger partial charge in [0.2, 0.25) is 0 Å². The van der Waals surface area contributed by atoms with Crippen LogP contribution in [-0.2, 0) is 6.42 Å². The molecule has 1 aromatic carbocycles. The first-order chi connectivity index (χ1) is 10.2. The Labute approximate surface area is 131 Å². The van der Waals surface area contributed by atoms with E-state index in [0.29, 0.717) is 5.02 Å². The van der Waals surface area contributed by atoms with E-state index in [0.717, 1.165) is 50.1 Å². The van der Waals surface area contributed by atoms with Gasteiger partial charge in [-0.25, -0.2) is 0 Å². The second kappa shape index (κ2) is 5.36. The Morgan fingerprint density at radius 1 is 1.14 bits per heavy atom. The average molecular weight is 308 g/mol. The lowest BCUT2D eigenvalue weighted by atomic mass is 9.91. The number of ether oxygens (including phenoxy) is 2. The van der Waals surface area contributed by atoms with Crippen LogP contribution in [-0.4, -0.2) is 26.3 Å². The highest BCUT2D eigenvalue weighted by atomic mass is 35.5.